The van der Waals surface area contributed by atoms with Crippen molar-refractivity contribution >= 4 is 17.7 Å². The number of carbonyl (C=O) groups is 1. The normalized spacial score (nSPS) is 16.1. The topological polar surface area (TPSA) is 96.8 Å². The van der Waals surface area contributed by atoms with Crippen LogP contribution < -0.4 is 5.32 Å². The largest absolute Gasteiger partial charge is 0.338 e. The fourth-order valence-electron chi connectivity index (χ4n) is 3.56. The van der Waals surface area contributed by atoms with Crippen molar-refractivity contribution in [1.29, 1.82) is 0 Å². The molecule has 4 heterocycles. The minimum Gasteiger partial charge on any atom is -0.338 e. The van der Waals surface area contributed by atoms with E-state index in [2.05, 4.69) is 30.2 Å². The maximum atomic E-state index is 12.7. The van der Waals surface area contributed by atoms with E-state index >= 15 is 0 Å². The highest BCUT2D eigenvalue weighted by molar-refractivity contribution is 5.94. The van der Waals surface area contributed by atoms with Crippen LogP contribution in [-0.4, -0.2) is 48.8 Å². The van der Waals surface area contributed by atoms with Crippen LogP contribution >= 0.6 is 0 Å². The van der Waals surface area contributed by atoms with Crippen LogP contribution in [0, 0.1) is 20.8 Å². The molecule has 4 rings (SSSR count). The summed E-state index contributed by atoms with van der Waals surface area (Å²) < 4.78 is 0. The lowest BCUT2D eigenvalue weighted by atomic mass is 10.1. The number of aromatic nitrogens is 5. The number of aryl methyl sites for hydroxylation is 3. The molecule has 1 saturated heterocycles. The Balaban J connectivity index is 1.51. The molecule has 0 aromatic carbocycles. The molecular formula is C21H23N7O. The SMILES string of the molecule is Cc1cc(C)nc(Nc2cc(C)nc(C3CCN(C(=O)c4cccnc4)C3)n2)n1. The first-order chi connectivity index (χ1) is 14.0. The number of carbonyl (C=O) groups excluding carboxylic acids is 1. The second kappa shape index (κ2) is 7.90. The van der Waals surface area contributed by atoms with E-state index in [1.54, 1.807) is 24.5 Å². The molecule has 1 atom stereocenters. The Hall–Kier alpha value is -3.42. The van der Waals surface area contributed by atoms with Crippen LogP contribution in [0.5, 0.6) is 0 Å². The number of rotatable bonds is 4. The van der Waals surface area contributed by atoms with Gasteiger partial charge in [-0.1, -0.05) is 0 Å². The molecule has 8 nitrogen and oxygen atoms in total. The summed E-state index contributed by atoms with van der Waals surface area (Å²) in [7, 11) is 0. The van der Waals surface area contributed by atoms with Crippen LogP contribution in [0.15, 0.2) is 36.7 Å². The van der Waals surface area contributed by atoms with Crippen molar-refractivity contribution < 1.29 is 4.79 Å². The summed E-state index contributed by atoms with van der Waals surface area (Å²) in [6.07, 6.45) is 4.09. The third kappa shape index (κ3) is 4.37. The third-order valence-electron chi connectivity index (χ3n) is 4.84. The molecule has 1 N–H and O–H groups in total. The molecule has 0 spiro atoms. The van der Waals surface area contributed by atoms with Gasteiger partial charge in [0.15, 0.2) is 0 Å². The van der Waals surface area contributed by atoms with Crippen molar-refractivity contribution in [1.82, 2.24) is 29.8 Å². The van der Waals surface area contributed by atoms with Crippen molar-refractivity contribution in [3.05, 3.63) is 65.1 Å². The number of nitrogens with one attached hydrogen (secondary N) is 1. The molecular weight excluding hydrogens is 366 g/mol. The smallest absolute Gasteiger partial charge is 0.255 e. The van der Waals surface area contributed by atoms with Gasteiger partial charge in [-0.2, -0.15) is 0 Å². The van der Waals surface area contributed by atoms with Gasteiger partial charge in [0.1, 0.15) is 11.6 Å². The number of nitrogens with zero attached hydrogens (tertiary/aromatic N) is 6. The summed E-state index contributed by atoms with van der Waals surface area (Å²) >= 11 is 0. The molecule has 8 heteroatoms. The lowest BCUT2D eigenvalue weighted by Gasteiger charge is -2.16. The van der Waals surface area contributed by atoms with Crippen molar-refractivity contribution in [3.8, 4) is 0 Å². The van der Waals surface area contributed by atoms with E-state index < -0.39 is 0 Å². The van der Waals surface area contributed by atoms with E-state index in [0.717, 1.165) is 29.3 Å². The van der Waals surface area contributed by atoms with Crippen LogP contribution in [-0.2, 0) is 0 Å². The van der Waals surface area contributed by atoms with Crippen molar-refractivity contribution in [2.24, 2.45) is 0 Å². The third-order valence-corrected chi connectivity index (χ3v) is 4.84. The highest BCUT2D eigenvalue weighted by Crippen LogP contribution is 2.27. The van der Waals surface area contributed by atoms with Gasteiger partial charge in [0, 0.05) is 54.5 Å². The van der Waals surface area contributed by atoms with E-state index in [4.69, 9.17) is 0 Å². The number of amides is 1. The van der Waals surface area contributed by atoms with Gasteiger partial charge in [-0.15, -0.1) is 0 Å². The number of hydrogen-bond acceptors (Lipinski definition) is 7. The molecule has 0 bridgehead atoms. The average molecular weight is 389 g/mol. The molecule has 0 aliphatic carbocycles. The zero-order chi connectivity index (χ0) is 20.4. The maximum Gasteiger partial charge on any atom is 0.255 e. The van der Waals surface area contributed by atoms with Gasteiger partial charge in [-0.05, 0) is 45.4 Å². The Bertz CT molecular complexity index is 1020. The average Bonchev–Trinajstić information content (AvgIpc) is 3.17. The van der Waals surface area contributed by atoms with Crippen molar-refractivity contribution in [2.45, 2.75) is 33.1 Å². The Morgan fingerprint density at radius 3 is 2.55 bits per heavy atom. The number of anilines is 2. The Labute approximate surface area is 169 Å². The molecule has 3 aromatic heterocycles. The lowest BCUT2D eigenvalue weighted by Crippen LogP contribution is -2.28. The summed E-state index contributed by atoms with van der Waals surface area (Å²) in [5.74, 6) is 2.01. The Morgan fingerprint density at radius 1 is 1.07 bits per heavy atom. The van der Waals surface area contributed by atoms with E-state index in [0.29, 0.717) is 30.4 Å². The molecule has 0 radical (unpaired) electrons. The van der Waals surface area contributed by atoms with E-state index in [-0.39, 0.29) is 11.8 Å². The highest BCUT2D eigenvalue weighted by atomic mass is 16.2. The number of hydrogen-bond donors (Lipinski definition) is 1. The van der Waals surface area contributed by atoms with Gasteiger partial charge < -0.3 is 10.2 Å². The molecule has 148 valence electrons. The molecule has 1 amide bonds. The molecule has 1 aliphatic heterocycles. The van der Waals surface area contributed by atoms with Gasteiger partial charge in [-0.25, -0.2) is 19.9 Å². The monoisotopic (exact) mass is 389 g/mol. The standard InChI is InChI=1S/C21H23N7O/c1-13-9-14(2)25-21(24-13)27-18-10-15(3)23-19(26-18)17-6-8-28(12-17)20(29)16-5-4-7-22-11-16/h4-5,7,9-11,17H,6,8,12H2,1-3H3,(H,23,24,25,26,27). The molecule has 29 heavy (non-hydrogen) atoms. The van der Waals surface area contributed by atoms with Crippen LogP contribution in [0.4, 0.5) is 11.8 Å². The first-order valence-corrected chi connectivity index (χ1v) is 9.62. The fourth-order valence-corrected chi connectivity index (χ4v) is 3.56. The van der Waals surface area contributed by atoms with Gasteiger partial charge >= 0.3 is 0 Å². The molecule has 1 fully saturated rings. The second-order valence-corrected chi connectivity index (χ2v) is 7.33. The van der Waals surface area contributed by atoms with E-state index in [1.807, 2.05) is 37.8 Å². The zero-order valence-electron chi connectivity index (χ0n) is 16.8. The summed E-state index contributed by atoms with van der Waals surface area (Å²) in [6, 6.07) is 7.36. The first-order valence-electron chi connectivity index (χ1n) is 9.62. The molecule has 0 saturated carbocycles. The molecule has 1 unspecified atom stereocenters. The van der Waals surface area contributed by atoms with Crippen LogP contribution in [0.1, 0.15) is 45.6 Å². The van der Waals surface area contributed by atoms with Crippen LogP contribution in [0.25, 0.3) is 0 Å². The quantitative estimate of drug-likeness (QED) is 0.733. The van der Waals surface area contributed by atoms with Crippen LogP contribution in [0.3, 0.4) is 0 Å². The number of pyridine rings is 1. The van der Waals surface area contributed by atoms with Gasteiger partial charge in [0.25, 0.3) is 5.91 Å². The van der Waals surface area contributed by atoms with Gasteiger partial charge in [0.05, 0.1) is 5.56 Å². The predicted octanol–water partition coefficient (Wildman–Crippen LogP) is 2.96. The Kier molecular flexibility index (Phi) is 5.16. The Morgan fingerprint density at radius 2 is 1.83 bits per heavy atom. The lowest BCUT2D eigenvalue weighted by molar-refractivity contribution is 0.0790. The maximum absolute atomic E-state index is 12.7. The number of likely N-dealkylation sites (tertiary alicyclic amines) is 1. The van der Waals surface area contributed by atoms with E-state index in [9.17, 15) is 4.79 Å². The predicted molar refractivity (Wildman–Crippen MR) is 109 cm³/mol. The highest BCUT2D eigenvalue weighted by Gasteiger charge is 2.30. The second-order valence-electron chi connectivity index (χ2n) is 7.33. The summed E-state index contributed by atoms with van der Waals surface area (Å²) in [5.41, 5.74) is 3.25. The first kappa shape index (κ1) is 18.9. The van der Waals surface area contributed by atoms with Gasteiger partial charge in [-0.3, -0.25) is 9.78 Å². The van der Waals surface area contributed by atoms with Gasteiger partial charge in [0.2, 0.25) is 5.95 Å². The molecule has 1 aliphatic rings. The minimum atomic E-state index is -0.00441. The van der Waals surface area contributed by atoms with Crippen molar-refractivity contribution in [3.63, 3.8) is 0 Å². The van der Waals surface area contributed by atoms with Crippen molar-refractivity contribution in [2.75, 3.05) is 18.4 Å². The van der Waals surface area contributed by atoms with Crippen LogP contribution in [0.2, 0.25) is 0 Å². The zero-order valence-corrected chi connectivity index (χ0v) is 16.8. The summed E-state index contributed by atoms with van der Waals surface area (Å²) in [6.45, 7) is 7.08. The molecule has 3 aromatic rings. The minimum absolute atomic E-state index is 0.00441. The fraction of sp³-hybridized carbons (Fsp3) is 0.333. The summed E-state index contributed by atoms with van der Waals surface area (Å²) in [5, 5.41) is 3.19. The van der Waals surface area contributed by atoms with E-state index in [1.165, 1.54) is 0 Å². The summed E-state index contributed by atoms with van der Waals surface area (Å²) in [4.78, 5) is 36.7.